The van der Waals surface area contributed by atoms with Gasteiger partial charge in [-0.25, -0.2) is 18.6 Å². The topological polar surface area (TPSA) is 134 Å². The lowest BCUT2D eigenvalue weighted by Crippen LogP contribution is -2.68. The van der Waals surface area contributed by atoms with Crippen LogP contribution in [0.15, 0.2) is 103 Å². The Bertz CT molecular complexity index is 1110. The highest BCUT2D eigenvalue weighted by Crippen LogP contribution is 2.61. The first-order valence-electron chi connectivity index (χ1n) is 12.5. The van der Waals surface area contributed by atoms with E-state index >= 15 is 0 Å². The van der Waals surface area contributed by atoms with Gasteiger partial charge in [-0.2, -0.15) is 0 Å². The van der Waals surface area contributed by atoms with Gasteiger partial charge in [-0.1, -0.05) is 75.4 Å². The minimum absolute atomic E-state index is 0.0131. The zero-order chi connectivity index (χ0) is 28.5. The lowest BCUT2D eigenvalue weighted by molar-refractivity contribution is -2.00. The van der Waals surface area contributed by atoms with E-state index in [9.17, 15) is 4.79 Å². The number of nitrogens with zero attached hydrogens (tertiary/aromatic N) is 1. The number of morpholine rings is 1. The normalized spacial score (nSPS) is 14.7. The van der Waals surface area contributed by atoms with Crippen LogP contribution in [0.4, 0.5) is 0 Å². The molecule has 1 saturated heterocycles. The molecule has 1 heterocycles. The van der Waals surface area contributed by atoms with Gasteiger partial charge < -0.3 is 9.64 Å². The second-order valence-electron chi connectivity index (χ2n) is 9.92. The number of carbonyl (C=O) groups is 1. The highest BCUT2D eigenvalue weighted by Gasteiger charge is 2.51. The van der Waals surface area contributed by atoms with Gasteiger partial charge in [0.25, 0.3) is 0 Å². The maximum absolute atomic E-state index is 13.5. The lowest BCUT2D eigenvalue weighted by atomic mass is 9.96. The van der Waals surface area contributed by atoms with Crippen LogP contribution in [0.3, 0.4) is 0 Å². The van der Waals surface area contributed by atoms with Gasteiger partial charge in [0.2, 0.25) is 5.91 Å². The molecule has 0 aliphatic carbocycles. The fourth-order valence-corrected chi connectivity index (χ4v) is 8.40. The Labute approximate surface area is 232 Å². The summed E-state index contributed by atoms with van der Waals surface area (Å²) < 4.78 is 39.6. The van der Waals surface area contributed by atoms with Crippen LogP contribution in [-0.2, 0) is 9.53 Å². The fourth-order valence-electron chi connectivity index (χ4n) is 4.21. The summed E-state index contributed by atoms with van der Waals surface area (Å²) in [7, 11) is -7.35. The quantitative estimate of drug-likeness (QED) is 0.394. The highest BCUT2D eigenvalue weighted by molar-refractivity contribution is 7.99. The van der Waals surface area contributed by atoms with Crippen LogP contribution in [-0.4, -0.2) is 37.1 Å². The first-order chi connectivity index (χ1) is 18.4. The van der Waals surface area contributed by atoms with Crippen molar-refractivity contribution in [1.82, 2.24) is 10.2 Å². The molecule has 8 nitrogen and oxygen atoms in total. The second kappa shape index (κ2) is 13.5. The number of hydrogen-bond donors (Lipinski definition) is 1. The maximum atomic E-state index is 13.5. The van der Waals surface area contributed by atoms with E-state index in [1.165, 1.54) is 15.9 Å². The Morgan fingerprint density at radius 1 is 0.795 bits per heavy atom. The van der Waals surface area contributed by atoms with E-state index < -0.39 is 22.9 Å². The summed E-state index contributed by atoms with van der Waals surface area (Å²) >= 11 is 0. The van der Waals surface area contributed by atoms with Crippen molar-refractivity contribution in [3.8, 4) is 0 Å². The fraction of sp³-hybridized carbons (Fsp3) is 0.276. The number of benzene rings is 3. The molecule has 3 aromatic rings. The summed E-state index contributed by atoms with van der Waals surface area (Å²) in [5, 5.41) is 7.06. The molecule has 0 radical (unpaired) electrons. The minimum atomic E-state index is -4.94. The van der Waals surface area contributed by atoms with Gasteiger partial charge in [0.05, 0.1) is 19.4 Å². The number of amides is 1. The molecule has 1 aliphatic rings. The van der Waals surface area contributed by atoms with E-state index in [-0.39, 0.29) is 5.91 Å². The number of carbonyl (C=O) groups excluding carboxylic acids is 1. The van der Waals surface area contributed by atoms with Crippen molar-refractivity contribution in [1.29, 1.82) is 0 Å². The molecule has 10 heteroatoms. The summed E-state index contributed by atoms with van der Waals surface area (Å²) in [6.07, 6.45) is 2.19. The van der Waals surface area contributed by atoms with Crippen molar-refractivity contribution in [2.75, 3.05) is 26.3 Å². The van der Waals surface area contributed by atoms with Crippen molar-refractivity contribution >= 4 is 29.1 Å². The third kappa shape index (κ3) is 8.59. The van der Waals surface area contributed by atoms with E-state index in [4.69, 9.17) is 23.4 Å². The summed E-state index contributed by atoms with van der Waals surface area (Å²) in [5.41, 5.74) is 0.432. The predicted molar refractivity (Wildman–Crippen MR) is 143 cm³/mol. The molecular formula is C29H34ClN2O6P. The van der Waals surface area contributed by atoms with Gasteiger partial charge in [-0.3, -0.25) is 10.1 Å². The lowest BCUT2D eigenvalue weighted by Gasteiger charge is -2.33. The Hall–Kier alpha value is -2.81. The first kappa shape index (κ1) is 30.7. The van der Waals surface area contributed by atoms with Crippen LogP contribution < -0.4 is 39.9 Å². The van der Waals surface area contributed by atoms with Gasteiger partial charge in [0, 0.05) is 18.5 Å². The van der Waals surface area contributed by atoms with Gasteiger partial charge >= 0.3 is 0 Å². The van der Waals surface area contributed by atoms with Crippen molar-refractivity contribution in [3.05, 3.63) is 103 Å². The summed E-state index contributed by atoms with van der Waals surface area (Å²) in [4.78, 5) is 15.8. The largest absolute Gasteiger partial charge is 0.378 e. The number of nitrogens with one attached hydrogen (secondary N) is 1. The van der Waals surface area contributed by atoms with Gasteiger partial charge in [0.1, 0.15) is 15.9 Å². The molecule has 0 unspecified atom stereocenters. The zero-order valence-electron chi connectivity index (χ0n) is 22.3. The molecule has 1 aliphatic heterocycles. The van der Waals surface area contributed by atoms with E-state index in [2.05, 4.69) is 89.2 Å². The van der Waals surface area contributed by atoms with Crippen LogP contribution in [0.2, 0.25) is 0 Å². The average Bonchev–Trinajstić information content (AvgIpc) is 2.90. The van der Waals surface area contributed by atoms with E-state index in [1.54, 1.807) is 0 Å². The number of hydrogen-bond acceptors (Lipinski definition) is 7. The Morgan fingerprint density at radius 2 is 1.15 bits per heavy atom. The Balaban J connectivity index is 0.000000771. The van der Waals surface area contributed by atoms with Crippen LogP contribution in [0.25, 0.3) is 0 Å². The maximum Gasteiger partial charge on any atom is 0.232 e. The van der Waals surface area contributed by atoms with Gasteiger partial charge in [-0.15, -0.1) is 10.2 Å². The van der Waals surface area contributed by atoms with Crippen LogP contribution >= 0.6 is 7.26 Å². The van der Waals surface area contributed by atoms with E-state index in [0.29, 0.717) is 13.2 Å². The third-order valence-corrected chi connectivity index (χ3v) is 10.2. The Morgan fingerprint density at radius 3 is 1.49 bits per heavy atom. The molecule has 0 atom stereocenters. The van der Waals surface area contributed by atoms with Gasteiger partial charge in [0.15, 0.2) is 12.7 Å². The van der Waals surface area contributed by atoms with Crippen LogP contribution in [0.5, 0.6) is 0 Å². The van der Waals surface area contributed by atoms with Gasteiger partial charge in [-0.05, 0) is 36.4 Å². The van der Waals surface area contributed by atoms with Crippen LogP contribution in [0.1, 0.15) is 20.8 Å². The van der Waals surface area contributed by atoms with Crippen LogP contribution in [0, 0.1) is 15.7 Å². The number of halogens is 1. The summed E-state index contributed by atoms with van der Waals surface area (Å²) in [6.45, 7) is 8.85. The summed E-state index contributed by atoms with van der Waals surface area (Å²) in [6, 6.07) is 31.9. The molecule has 0 aromatic heterocycles. The minimum Gasteiger partial charge on any atom is -0.378 e. The number of ether oxygens (including phenoxy) is 1. The van der Waals surface area contributed by atoms with E-state index in [1.807, 2.05) is 39.0 Å². The smallest absolute Gasteiger partial charge is 0.232 e. The highest BCUT2D eigenvalue weighted by atomic mass is 35.7. The molecular weight excluding hydrogens is 539 g/mol. The predicted octanol–water partition coefficient (Wildman–Crippen LogP) is -0.482. The molecule has 208 valence electrons. The molecule has 4 rings (SSSR count). The molecule has 1 N–H and O–H groups in total. The molecule has 1 amide bonds. The Kier molecular flexibility index (Phi) is 10.6. The SMILES string of the molecule is CC(C)(C)C(=O)N/C(=C\N1CCOCC1)[P+](c1ccccc1)(c1ccccc1)c1ccccc1.[O-][Cl+3]([O-])([O-])[O-]. The molecule has 0 spiro atoms. The van der Waals surface area contributed by atoms with E-state index in [0.717, 1.165) is 18.5 Å². The average molecular weight is 573 g/mol. The second-order valence-corrected chi connectivity index (χ2v) is 14.1. The molecule has 1 fully saturated rings. The first-order valence-corrected chi connectivity index (χ1v) is 15.5. The number of rotatable bonds is 6. The summed E-state index contributed by atoms with van der Waals surface area (Å²) in [5.74, 6) is 0.0131. The van der Waals surface area contributed by atoms with Crippen molar-refractivity contribution in [3.63, 3.8) is 0 Å². The molecule has 39 heavy (non-hydrogen) atoms. The molecule has 3 aromatic carbocycles. The van der Waals surface area contributed by atoms with Crippen molar-refractivity contribution in [2.45, 2.75) is 20.8 Å². The van der Waals surface area contributed by atoms with Crippen molar-refractivity contribution in [2.24, 2.45) is 5.41 Å². The molecule has 0 saturated carbocycles. The van der Waals surface area contributed by atoms with Crippen molar-refractivity contribution < 1.29 is 38.4 Å². The third-order valence-electron chi connectivity index (χ3n) is 6.07. The zero-order valence-corrected chi connectivity index (χ0v) is 23.9. The standard InChI is InChI=1S/C29H33N2O2P.ClHO4/c1-29(2,3)28(32)30-27(23-31-19-21-33-22-20-31)34(24-13-7-4-8-14-24,25-15-9-5-10-16-25)26-17-11-6-12-18-26;2-1(3,4)5/h4-18,23H,19-22H2,1-3H3;(H,2,3,4,5)/b27-23+;. The molecule has 0 bridgehead atoms. The monoisotopic (exact) mass is 572 g/mol.